The van der Waals surface area contributed by atoms with Crippen molar-refractivity contribution in [3.63, 3.8) is 0 Å². The van der Waals surface area contributed by atoms with Crippen LogP contribution in [0.2, 0.25) is 0 Å². The molecular weight excluding hydrogens is 204 g/mol. The van der Waals surface area contributed by atoms with Crippen molar-refractivity contribution in [2.75, 3.05) is 30.8 Å². The number of rotatable bonds is 6. The lowest BCUT2D eigenvalue weighted by Gasteiger charge is -2.09. The first-order valence-corrected chi connectivity index (χ1v) is 5.37. The summed E-state index contributed by atoms with van der Waals surface area (Å²) in [5.41, 5.74) is 7.65. The number of anilines is 2. The monoisotopic (exact) mass is 222 g/mol. The Kier molecular flexibility index (Phi) is 4.79. The molecule has 0 spiro atoms. The van der Waals surface area contributed by atoms with E-state index in [4.69, 9.17) is 10.5 Å². The number of nitrogens with one attached hydrogen (secondary N) is 1. The summed E-state index contributed by atoms with van der Waals surface area (Å²) >= 11 is 0. The molecule has 1 aromatic carbocycles. The van der Waals surface area contributed by atoms with Gasteiger partial charge in [-0.25, -0.2) is 0 Å². The van der Waals surface area contributed by atoms with Crippen molar-refractivity contribution in [3.8, 4) is 0 Å². The Morgan fingerprint density at radius 1 is 1.50 bits per heavy atom. The van der Waals surface area contributed by atoms with Crippen molar-refractivity contribution in [2.45, 2.75) is 13.8 Å². The van der Waals surface area contributed by atoms with Gasteiger partial charge < -0.3 is 15.8 Å². The Bertz CT molecular complexity index is 364. The van der Waals surface area contributed by atoms with Gasteiger partial charge in [0.2, 0.25) is 0 Å². The Morgan fingerprint density at radius 3 is 2.88 bits per heavy atom. The van der Waals surface area contributed by atoms with Crippen molar-refractivity contribution in [3.05, 3.63) is 23.8 Å². The van der Waals surface area contributed by atoms with E-state index in [1.54, 1.807) is 12.1 Å². The van der Waals surface area contributed by atoms with Crippen LogP contribution in [0.5, 0.6) is 0 Å². The first-order chi connectivity index (χ1) is 7.65. The molecule has 0 radical (unpaired) electrons. The Morgan fingerprint density at radius 2 is 2.25 bits per heavy atom. The quantitative estimate of drug-likeness (QED) is 0.438. The molecular formula is C12H18N2O2. The maximum Gasteiger partial charge on any atom is 0.161 e. The van der Waals surface area contributed by atoms with Gasteiger partial charge in [-0.3, -0.25) is 4.79 Å². The Balaban J connectivity index is 2.61. The molecule has 0 unspecified atom stereocenters. The van der Waals surface area contributed by atoms with Crippen LogP contribution in [0.1, 0.15) is 24.2 Å². The molecule has 1 rings (SSSR count). The van der Waals surface area contributed by atoms with Gasteiger partial charge in [0.1, 0.15) is 0 Å². The number of Topliss-reactive ketones (excluding diaryl/α,β-unsaturated/α-hetero) is 1. The third-order valence-electron chi connectivity index (χ3n) is 2.21. The van der Waals surface area contributed by atoms with Gasteiger partial charge in [0.15, 0.2) is 5.78 Å². The average molecular weight is 222 g/mol. The molecule has 0 bridgehead atoms. The molecule has 0 fully saturated rings. The summed E-state index contributed by atoms with van der Waals surface area (Å²) in [5.74, 6) is -0.0223. The summed E-state index contributed by atoms with van der Waals surface area (Å²) in [4.78, 5) is 11.3. The molecule has 0 aliphatic rings. The predicted molar refractivity (Wildman–Crippen MR) is 65.8 cm³/mol. The van der Waals surface area contributed by atoms with Crippen molar-refractivity contribution >= 4 is 17.2 Å². The largest absolute Gasteiger partial charge is 0.398 e. The van der Waals surface area contributed by atoms with Crippen LogP contribution in [0.25, 0.3) is 0 Å². The van der Waals surface area contributed by atoms with Crippen LogP contribution in [-0.4, -0.2) is 25.5 Å². The van der Waals surface area contributed by atoms with Gasteiger partial charge >= 0.3 is 0 Å². The first-order valence-electron chi connectivity index (χ1n) is 5.37. The zero-order valence-corrected chi connectivity index (χ0v) is 9.75. The lowest BCUT2D eigenvalue weighted by Crippen LogP contribution is -2.10. The second-order valence-electron chi connectivity index (χ2n) is 3.48. The van der Waals surface area contributed by atoms with Crippen molar-refractivity contribution in [1.82, 2.24) is 0 Å². The standard InChI is InChI=1S/C12H18N2O2/c1-3-16-7-6-14-10-4-5-12(13)11(8-10)9(2)15/h4-5,8,14H,3,6-7,13H2,1-2H3. The highest BCUT2D eigenvalue weighted by Gasteiger charge is 2.05. The molecule has 88 valence electrons. The fourth-order valence-electron chi connectivity index (χ4n) is 1.38. The summed E-state index contributed by atoms with van der Waals surface area (Å²) < 4.78 is 5.20. The van der Waals surface area contributed by atoms with Gasteiger partial charge in [0, 0.05) is 30.1 Å². The molecule has 4 nitrogen and oxygen atoms in total. The highest BCUT2D eigenvalue weighted by Crippen LogP contribution is 2.18. The number of hydrogen-bond acceptors (Lipinski definition) is 4. The van der Waals surface area contributed by atoms with Crippen molar-refractivity contribution in [1.29, 1.82) is 0 Å². The first kappa shape index (κ1) is 12.5. The van der Waals surface area contributed by atoms with Gasteiger partial charge in [0.05, 0.1) is 6.61 Å². The van der Waals surface area contributed by atoms with Gasteiger partial charge in [-0.05, 0) is 32.0 Å². The SMILES string of the molecule is CCOCCNc1ccc(N)c(C(C)=O)c1. The predicted octanol–water partition coefficient (Wildman–Crippen LogP) is 1.92. The second kappa shape index (κ2) is 6.12. The van der Waals surface area contributed by atoms with Gasteiger partial charge in [0.25, 0.3) is 0 Å². The maximum atomic E-state index is 11.3. The van der Waals surface area contributed by atoms with E-state index in [2.05, 4.69) is 5.32 Å². The van der Waals surface area contributed by atoms with E-state index >= 15 is 0 Å². The topological polar surface area (TPSA) is 64.3 Å². The number of nitrogen functional groups attached to an aromatic ring is 1. The van der Waals surface area contributed by atoms with Gasteiger partial charge in [-0.15, -0.1) is 0 Å². The van der Waals surface area contributed by atoms with Crippen LogP contribution < -0.4 is 11.1 Å². The van der Waals surface area contributed by atoms with Crippen molar-refractivity contribution in [2.24, 2.45) is 0 Å². The minimum atomic E-state index is -0.0223. The molecule has 1 aromatic rings. The number of benzene rings is 1. The number of carbonyl (C=O) groups excluding carboxylic acids is 1. The Labute approximate surface area is 95.8 Å². The van der Waals surface area contributed by atoms with Crippen LogP contribution in [0.4, 0.5) is 11.4 Å². The normalized spacial score (nSPS) is 10.1. The van der Waals surface area contributed by atoms with E-state index in [9.17, 15) is 4.79 Å². The summed E-state index contributed by atoms with van der Waals surface area (Å²) in [6.45, 7) is 5.54. The van der Waals surface area contributed by atoms with Crippen LogP contribution in [0.15, 0.2) is 18.2 Å². The molecule has 0 amide bonds. The molecule has 16 heavy (non-hydrogen) atoms. The molecule has 3 N–H and O–H groups in total. The van der Waals surface area contributed by atoms with E-state index < -0.39 is 0 Å². The molecule has 4 heteroatoms. The summed E-state index contributed by atoms with van der Waals surface area (Å²) in [6.07, 6.45) is 0. The molecule has 0 atom stereocenters. The van der Waals surface area contributed by atoms with Gasteiger partial charge in [-0.2, -0.15) is 0 Å². The van der Waals surface area contributed by atoms with E-state index in [1.165, 1.54) is 6.92 Å². The van der Waals surface area contributed by atoms with E-state index in [1.807, 2.05) is 13.0 Å². The molecule has 0 aliphatic heterocycles. The lowest BCUT2D eigenvalue weighted by atomic mass is 10.1. The average Bonchev–Trinajstić information content (AvgIpc) is 2.26. The molecule has 0 aliphatic carbocycles. The minimum absolute atomic E-state index is 0.0223. The molecule has 0 saturated heterocycles. The number of hydrogen-bond donors (Lipinski definition) is 2. The molecule has 0 aromatic heterocycles. The van der Waals surface area contributed by atoms with E-state index in [0.717, 1.165) is 12.2 Å². The zero-order valence-electron chi connectivity index (χ0n) is 9.75. The zero-order chi connectivity index (χ0) is 12.0. The van der Waals surface area contributed by atoms with Crippen LogP contribution >= 0.6 is 0 Å². The number of ketones is 1. The third-order valence-corrected chi connectivity index (χ3v) is 2.21. The van der Waals surface area contributed by atoms with E-state index in [0.29, 0.717) is 24.5 Å². The molecule has 0 heterocycles. The van der Waals surface area contributed by atoms with Crippen LogP contribution in [0, 0.1) is 0 Å². The highest BCUT2D eigenvalue weighted by atomic mass is 16.5. The summed E-state index contributed by atoms with van der Waals surface area (Å²) in [5, 5.41) is 3.17. The summed E-state index contributed by atoms with van der Waals surface area (Å²) in [6, 6.07) is 5.36. The van der Waals surface area contributed by atoms with Gasteiger partial charge in [-0.1, -0.05) is 0 Å². The summed E-state index contributed by atoms with van der Waals surface area (Å²) in [7, 11) is 0. The molecule has 0 saturated carbocycles. The van der Waals surface area contributed by atoms with E-state index in [-0.39, 0.29) is 5.78 Å². The number of nitrogens with two attached hydrogens (primary N) is 1. The lowest BCUT2D eigenvalue weighted by molar-refractivity contribution is 0.101. The highest BCUT2D eigenvalue weighted by molar-refractivity contribution is 5.99. The number of carbonyl (C=O) groups is 1. The smallest absolute Gasteiger partial charge is 0.161 e. The van der Waals surface area contributed by atoms with Crippen LogP contribution in [-0.2, 0) is 4.74 Å². The fourth-order valence-corrected chi connectivity index (χ4v) is 1.38. The second-order valence-corrected chi connectivity index (χ2v) is 3.48. The third kappa shape index (κ3) is 3.55. The Hall–Kier alpha value is -1.55. The fraction of sp³-hybridized carbons (Fsp3) is 0.417. The minimum Gasteiger partial charge on any atom is -0.398 e. The number of ether oxygens (including phenoxy) is 1. The maximum absolute atomic E-state index is 11.3. The van der Waals surface area contributed by atoms with Crippen LogP contribution in [0.3, 0.4) is 0 Å². The van der Waals surface area contributed by atoms with Crippen molar-refractivity contribution < 1.29 is 9.53 Å².